The number of carbonyl (C=O) groups is 2. The van der Waals surface area contributed by atoms with Gasteiger partial charge in [0.2, 0.25) is 0 Å². The van der Waals surface area contributed by atoms with Crippen LogP contribution in [0.4, 0.5) is 4.79 Å². The molecule has 0 aromatic heterocycles. The average molecular weight is 326 g/mol. The molecule has 24 heavy (non-hydrogen) atoms. The summed E-state index contributed by atoms with van der Waals surface area (Å²) in [5.74, 6) is -0.777. The zero-order chi connectivity index (χ0) is 17.2. The first-order valence-electron chi connectivity index (χ1n) is 7.97. The van der Waals surface area contributed by atoms with Crippen LogP contribution >= 0.6 is 0 Å². The van der Waals surface area contributed by atoms with Crippen molar-refractivity contribution in [2.75, 3.05) is 13.1 Å². The molecule has 2 aromatic rings. The number of urea groups is 1. The van der Waals surface area contributed by atoms with Gasteiger partial charge in [0.25, 0.3) is 0 Å². The molecule has 0 aliphatic heterocycles. The monoisotopic (exact) mass is 326 g/mol. The van der Waals surface area contributed by atoms with Gasteiger partial charge in [0.15, 0.2) is 0 Å². The van der Waals surface area contributed by atoms with E-state index in [-0.39, 0.29) is 24.9 Å². The number of hydrogen-bond donors (Lipinski definition) is 3. The van der Waals surface area contributed by atoms with Gasteiger partial charge in [0.1, 0.15) is 0 Å². The van der Waals surface area contributed by atoms with Crippen LogP contribution in [0.15, 0.2) is 60.7 Å². The fraction of sp³-hybridized carbons (Fsp3) is 0.263. The van der Waals surface area contributed by atoms with E-state index in [1.165, 1.54) is 5.56 Å². The Labute approximate surface area is 141 Å². The van der Waals surface area contributed by atoms with E-state index in [2.05, 4.69) is 34.9 Å². The van der Waals surface area contributed by atoms with Gasteiger partial charge in [-0.15, -0.1) is 0 Å². The van der Waals surface area contributed by atoms with Crippen LogP contribution in [0.5, 0.6) is 0 Å². The second kappa shape index (κ2) is 9.35. The van der Waals surface area contributed by atoms with Crippen molar-refractivity contribution >= 4 is 12.0 Å². The highest BCUT2D eigenvalue weighted by molar-refractivity contribution is 5.75. The quantitative estimate of drug-likeness (QED) is 0.698. The van der Waals surface area contributed by atoms with Crippen molar-refractivity contribution in [3.63, 3.8) is 0 Å². The molecule has 1 atom stereocenters. The van der Waals surface area contributed by atoms with Crippen molar-refractivity contribution in [1.29, 1.82) is 0 Å². The maximum Gasteiger partial charge on any atom is 0.314 e. The third-order valence-electron chi connectivity index (χ3n) is 3.73. The van der Waals surface area contributed by atoms with Crippen LogP contribution in [0.1, 0.15) is 23.5 Å². The largest absolute Gasteiger partial charge is 0.481 e. The highest BCUT2D eigenvalue weighted by atomic mass is 16.4. The van der Waals surface area contributed by atoms with Crippen LogP contribution in [0.3, 0.4) is 0 Å². The Morgan fingerprint density at radius 2 is 1.54 bits per heavy atom. The van der Waals surface area contributed by atoms with Gasteiger partial charge in [-0.2, -0.15) is 0 Å². The Morgan fingerprint density at radius 1 is 0.917 bits per heavy atom. The standard InChI is InChI=1S/C19H22N2O3/c22-18(23)11-12-20-19(24)21-14-17(16-9-5-2-6-10-16)13-15-7-3-1-4-8-15/h1-10,17H,11-14H2,(H,22,23)(H2,20,21,24). The SMILES string of the molecule is O=C(O)CCNC(=O)NCC(Cc1ccccc1)c1ccccc1. The minimum atomic E-state index is -0.929. The molecule has 0 spiro atoms. The predicted octanol–water partition coefficient (Wildman–Crippen LogP) is 2.79. The Hall–Kier alpha value is -2.82. The van der Waals surface area contributed by atoms with E-state index in [9.17, 15) is 9.59 Å². The molecule has 2 aromatic carbocycles. The molecule has 0 fully saturated rings. The number of benzene rings is 2. The molecule has 0 radical (unpaired) electrons. The minimum absolute atomic E-state index is 0.0838. The Kier molecular flexibility index (Phi) is 6.83. The minimum Gasteiger partial charge on any atom is -0.481 e. The fourth-order valence-electron chi connectivity index (χ4n) is 2.49. The summed E-state index contributed by atoms with van der Waals surface area (Å²) in [6, 6.07) is 19.8. The van der Waals surface area contributed by atoms with Gasteiger partial charge in [-0.05, 0) is 17.5 Å². The van der Waals surface area contributed by atoms with Gasteiger partial charge >= 0.3 is 12.0 Å². The number of nitrogens with one attached hydrogen (secondary N) is 2. The van der Waals surface area contributed by atoms with Gasteiger partial charge in [0, 0.05) is 19.0 Å². The van der Waals surface area contributed by atoms with Crippen LogP contribution in [0.25, 0.3) is 0 Å². The number of amides is 2. The maximum atomic E-state index is 11.8. The molecule has 0 aliphatic rings. The van der Waals surface area contributed by atoms with E-state index in [1.54, 1.807) is 0 Å². The number of carboxylic acid groups (broad SMARTS) is 1. The maximum absolute atomic E-state index is 11.8. The number of hydrogen-bond acceptors (Lipinski definition) is 2. The summed E-state index contributed by atoms with van der Waals surface area (Å²) in [6.07, 6.45) is 0.736. The fourth-order valence-corrected chi connectivity index (χ4v) is 2.49. The first-order valence-corrected chi connectivity index (χ1v) is 7.97. The van der Waals surface area contributed by atoms with Crippen molar-refractivity contribution in [2.24, 2.45) is 0 Å². The zero-order valence-electron chi connectivity index (χ0n) is 13.4. The molecule has 3 N–H and O–H groups in total. The Morgan fingerprint density at radius 3 is 2.17 bits per heavy atom. The molecule has 0 saturated carbocycles. The summed E-state index contributed by atoms with van der Waals surface area (Å²) < 4.78 is 0. The second-order valence-corrected chi connectivity index (χ2v) is 5.58. The Bertz CT molecular complexity index is 644. The molecule has 0 heterocycles. The topological polar surface area (TPSA) is 78.4 Å². The normalized spacial score (nSPS) is 11.5. The van der Waals surface area contributed by atoms with E-state index >= 15 is 0 Å². The molecule has 1 unspecified atom stereocenters. The van der Waals surface area contributed by atoms with E-state index in [4.69, 9.17) is 5.11 Å². The highest BCUT2D eigenvalue weighted by Gasteiger charge is 2.13. The van der Waals surface area contributed by atoms with Crippen molar-refractivity contribution in [3.8, 4) is 0 Å². The molecule has 0 bridgehead atoms. The third-order valence-corrected chi connectivity index (χ3v) is 3.73. The number of aliphatic carboxylic acids is 1. The molecule has 0 saturated heterocycles. The van der Waals surface area contributed by atoms with E-state index in [1.807, 2.05) is 36.4 Å². The van der Waals surface area contributed by atoms with Crippen molar-refractivity contribution < 1.29 is 14.7 Å². The number of carboxylic acids is 1. The van der Waals surface area contributed by atoms with Crippen molar-refractivity contribution in [2.45, 2.75) is 18.8 Å². The van der Waals surface area contributed by atoms with Crippen LogP contribution in [0, 0.1) is 0 Å². The lowest BCUT2D eigenvalue weighted by Gasteiger charge is -2.18. The molecule has 2 amide bonds. The van der Waals surface area contributed by atoms with Gasteiger partial charge in [-0.25, -0.2) is 4.79 Å². The van der Waals surface area contributed by atoms with Crippen LogP contribution in [-0.2, 0) is 11.2 Å². The summed E-state index contributed by atoms with van der Waals surface area (Å²) in [5, 5.41) is 14.0. The summed E-state index contributed by atoms with van der Waals surface area (Å²) in [6.45, 7) is 0.605. The van der Waals surface area contributed by atoms with E-state index in [0.29, 0.717) is 6.54 Å². The summed E-state index contributed by atoms with van der Waals surface area (Å²) in [7, 11) is 0. The van der Waals surface area contributed by atoms with Crippen LogP contribution in [0.2, 0.25) is 0 Å². The van der Waals surface area contributed by atoms with Gasteiger partial charge < -0.3 is 15.7 Å². The number of carbonyl (C=O) groups excluding carboxylic acids is 1. The zero-order valence-corrected chi connectivity index (χ0v) is 13.4. The molecular weight excluding hydrogens is 304 g/mol. The summed E-state index contributed by atoms with van der Waals surface area (Å²) in [4.78, 5) is 22.3. The van der Waals surface area contributed by atoms with Crippen LogP contribution in [-0.4, -0.2) is 30.2 Å². The predicted molar refractivity (Wildman–Crippen MR) is 93.0 cm³/mol. The van der Waals surface area contributed by atoms with Crippen molar-refractivity contribution in [1.82, 2.24) is 10.6 Å². The smallest absolute Gasteiger partial charge is 0.314 e. The third kappa shape index (κ3) is 6.12. The summed E-state index contributed by atoms with van der Waals surface area (Å²) >= 11 is 0. The van der Waals surface area contributed by atoms with E-state index in [0.717, 1.165) is 12.0 Å². The summed E-state index contributed by atoms with van der Waals surface area (Å²) in [5.41, 5.74) is 2.37. The molecule has 126 valence electrons. The molecular formula is C19H22N2O3. The van der Waals surface area contributed by atoms with E-state index < -0.39 is 5.97 Å². The van der Waals surface area contributed by atoms with Gasteiger partial charge in [-0.3, -0.25) is 4.79 Å². The highest BCUT2D eigenvalue weighted by Crippen LogP contribution is 2.20. The average Bonchev–Trinajstić information content (AvgIpc) is 2.60. The molecule has 2 rings (SSSR count). The molecule has 0 aliphatic carbocycles. The second-order valence-electron chi connectivity index (χ2n) is 5.58. The first kappa shape index (κ1) is 17.5. The Balaban J connectivity index is 1.94. The lowest BCUT2D eigenvalue weighted by atomic mass is 9.92. The lowest BCUT2D eigenvalue weighted by Crippen LogP contribution is -2.39. The van der Waals surface area contributed by atoms with Gasteiger partial charge in [-0.1, -0.05) is 60.7 Å². The van der Waals surface area contributed by atoms with Gasteiger partial charge in [0.05, 0.1) is 6.42 Å². The first-order chi connectivity index (χ1) is 11.6. The lowest BCUT2D eigenvalue weighted by molar-refractivity contribution is -0.136. The van der Waals surface area contributed by atoms with Crippen LogP contribution < -0.4 is 10.6 Å². The molecule has 5 heteroatoms. The number of rotatable bonds is 8. The molecule has 5 nitrogen and oxygen atoms in total. The van der Waals surface area contributed by atoms with Crippen molar-refractivity contribution in [3.05, 3.63) is 71.8 Å².